The van der Waals surface area contributed by atoms with Crippen LogP contribution in [-0.4, -0.2) is 26.8 Å². The number of aromatic amines is 1. The Morgan fingerprint density at radius 3 is 2.72 bits per heavy atom. The van der Waals surface area contributed by atoms with Crippen molar-refractivity contribution in [1.82, 2.24) is 15.1 Å². The van der Waals surface area contributed by atoms with Crippen molar-refractivity contribution in [3.05, 3.63) is 87.5 Å². The summed E-state index contributed by atoms with van der Waals surface area (Å²) in [6.45, 7) is 4.41. The fourth-order valence-corrected chi connectivity index (χ4v) is 3.99. The van der Waals surface area contributed by atoms with E-state index in [9.17, 15) is 9.90 Å². The first-order valence-electron chi connectivity index (χ1n) is 10.1. The summed E-state index contributed by atoms with van der Waals surface area (Å²) in [5.41, 5.74) is 1.50. The van der Waals surface area contributed by atoms with Crippen LogP contribution in [0.3, 0.4) is 0 Å². The number of hydrogen-bond donors (Lipinski definition) is 2. The molecule has 0 amide bonds. The summed E-state index contributed by atoms with van der Waals surface area (Å²) in [7, 11) is 0. The first-order valence-corrected chi connectivity index (χ1v) is 11.0. The molecule has 4 rings (SSSR count). The largest absolute Gasteiger partial charge is 0.493 e. The van der Waals surface area contributed by atoms with Gasteiger partial charge in [-0.3, -0.25) is 4.79 Å². The standard InChI is InChI=1S/C23H23N3O5S/c1-14-19(25-22(30-14)15(2)32-20-5-3-4-11-24-20)10-12-29-17-8-6-16(7-9-17)13-18-21(27)26-31-23(18)28/h3-9,11,15,28H,10,12-13H2,1-2H3,(H,26,27). The van der Waals surface area contributed by atoms with E-state index < -0.39 is 5.56 Å². The molecule has 0 aliphatic rings. The van der Waals surface area contributed by atoms with Gasteiger partial charge in [-0.2, -0.15) is 5.16 Å². The zero-order chi connectivity index (χ0) is 22.5. The van der Waals surface area contributed by atoms with Crippen molar-refractivity contribution in [3.8, 4) is 11.7 Å². The minimum atomic E-state index is -0.432. The van der Waals surface area contributed by atoms with Crippen LogP contribution in [-0.2, 0) is 12.8 Å². The van der Waals surface area contributed by atoms with Crippen LogP contribution < -0.4 is 10.3 Å². The highest BCUT2D eigenvalue weighted by Gasteiger charge is 2.17. The van der Waals surface area contributed by atoms with Crippen molar-refractivity contribution in [2.45, 2.75) is 37.0 Å². The van der Waals surface area contributed by atoms with E-state index in [1.807, 2.05) is 56.3 Å². The van der Waals surface area contributed by atoms with E-state index in [4.69, 9.17) is 9.15 Å². The Bertz CT molecular complexity index is 1210. The minimum Gasteiger partial charge on any atom is -0.493 e. The summed E-state index contributed by atoms with van der Waals surface area (Å²) in [6, 6.07) is 13.2. The van der Waals surface area contributed by atoms with Gasteiger partial charge in [0.2, 0.25) is 5.89 Å². The lowest BCUT2D eigenvalue weighted by Gasteiger charge is -2.06. The number of ether oxygens (including phenoxy) is 1. The second-order valence-electron chi connectivity index (χ2n) is 7.22. The number of pyridine rings is 1. The molecule has 0 spiro atoms. The highest BCUT2D eigenvalue weighted by atomic mass is 32.2. The van der Waals surface area contributed by atoms with Gasteiger partial charge in [-0.1, -0.05) is 30.0 Å². The quantitative estimate of drug-likeness (QED) is 0.358. The molecule has 0 fully saturated rings. The van der Waals surface area contributed by atoms with Gasteiger partial charge in [-0.25, -0.2) is 9.97 Å². The number of nitrogens with zero attached hydrogens (tertiary/aromatic N) is 2. The van der Waals surface area contributed by atoms with Crippen LogP contribution in [0.1, 0.15) is 40.6 Å². The average Bonchev–Trinajstić information content (AvgIpc) is 3.32. The Balaban J connectivity index is 1.30. The monoisotopic (exact) mass is 453 g/mol. The Hall–Kier alpha value is -3.46. The third-order valence-electron chi connectivity index (χ3n) is 4.88. The minimum absolute atomic E-state index is 0.0488. The van der Waals surface area contributed by atoms with Crippen molar-refractivity contribution in [2.24, 2.45) is 0 Å². The van der Waals surface area contributed by atoms with Crippen molar-refractivity contribution >= 4 is 11.8 Å². The molecule has 0 bridgehead atoms. The number of benzene rings is 1. The lowest BCUT2D eigenvalue weighted by Crippen LogP contribution is -2.06. The molecule has 3 heterocycles. The maximum atomic E-state index is 11.6. The van der Waals surface area contributed by atoms with E-state index in [2.05, 4.69) is 19.6 Å². The third kappa shape index (κ3) is 5.23. The zero-order valence-corrected chi connectivity index (χ0v) is 18.5. The van der Waals surface area contributed by atoms with E-state index in [0.717, 1.165) is 22.0 Å². The molecule has 2 N–H and O–H groups in total. The number of rotatable bonds is 9. The molecule has 166 valence electrons. The number of nitrogens with one attached hydrogen (secondary N) is 1. The van der Waals surface area contributed by atoms with Crippen LogP contribution in [0.2, 0.25) is 0 Å². The van der Waals surface area contributed by atoms with Crippen LogP contribution in [0.15, 0.2) is 67.4 Å². The third-order valence-corrected chi connectivity index (χ3v) is 5.91. The van der Waals surface area contributed by atoms with Gasteiger partial charge in [0.15, 0.2) is 0 Å². The highest BCUT2D eigenvalue weighted by Crippen LogP contribution is 2.33. The van der Waals surface area contributed by atoms with Gasteiger partial charge in [0.05, 0.1) is 22.6 Å². The topological polar surface area (TPSA) is 114 Å². The van der Waals surface area contributed by atoms with Crippen LogP contribution >= 0.6 is 11.8 Å². The average molecular weight is 454 g/mol. The molecule has 1 unspecified atom stereocenters. The summed E-state index contributed by atoms with van der Waals surface area (Å²) in [6.07, 6.45) is 2.66. The van der Waals surface area contributed by atoms with Crippen LogP contribution in [0.4, 0.5) is 0 Å². The van der Waals surface area contributed by atoms with Gasteiger partial charge in [0.25, 0.3) is 5.56 Å². The molecule has 4 aromatic rings. The van der Waals surface area contributed by atoms with Crippen molar-refractivity contribution in [3.63, 3.8) is 0 Å². The fraction of sp³-hybridized carbons (Fsp3) is 0.261. The van der Waals surface area contributed by atoms with Gasteiger partial charge >= 0.3 is 5.95 Å². The lowest BCUT2D eigenvalue weighted by atomic mass is 10.1. The number of aromatic nitrogens is 3. The summed E-state index contributed by atoms with van der Waals surface area (Å²) in [5.74, 6) is 1.79. The van der Waals surface area contributed by atoms with E-state index in [-0.39, 0.29) is 23.2 Å². The van der Waals surface area contributed by atoms with Crippen molar-refractivity contribution < 1.29 is 18.8 Å². The zero-order valence-electron chi connectivity index (χ0n) is 17.7. The molecule has 0 aliphatic heterocycles. The molecule has 1 atom stereocenters. The molecule has 0 radical (unpaired) electrons. The molecular weight excluding hydrogens is 430 g/mol. The number of hydrogen-bond acceptors (Lipinski definition) is 8. The normalized spacial score (nSPS) is 12.1. The first kappa shape index (κ1) is 21.8. The number of aromatic hydroxyl groups is 1. The van der Waals surface area contributed by atoms with Crippen LogP contribution in [0.25, 0.3) is 0 Å². The fourth-order valence-electron chi connectivity index (χ4n) is 3.15. The van der Waals surface area contributed by atoms with Crippen molar-refractivity contribution in [2.75, 3.05) is 6.61 Å². The highest BCUT2D eigenvalue weighted by molar-refractivity contribution is 7.99. The van der Waals surface area contributed by atoms with E-state index in [1.54, 1.807) is 18.0 Å². The predicted octanol–water partition coefficient (Wildman–Crippen LogP) is 4.43. The van der Waals surface area contributed by atoms with E-state index >= 15 is 0 Å². The molecule has 0 aliphatic carbocycles. The van der Waals surface area contributed by atoms with E-state index in [0.29, 0.717) is 24.7 Å². The Morgan fingerprint density at radius 1 is 1.22 bits per heavy atom. The van der Waals surface area contributed by atoms with Gasteiger partial charge in [-0.05, 0) is 43.7 Å². The molecule has 8 nitrogen and oxygen atoms in total. The summed E-state index contributed by atoms with van der Waals surface area (Å²) < 4.78 is 16.3. The maximum Gasteiger partial charge on any atom is 0.313 e. The number of thioether (sulfide) groups is 1. The number of H-pyrrole nitrogens is 1. The maximum absolute atomic E-state index is 11.6. The van der Waals surface area contributed by atoms with Gasteiger partial charge in [0, 0.05) is 19.0 Å². The second kappa shape index (κ2) is 9.78. The molecule has 0 saturated heterocycles. The molecular formula is C23H23N3O5S. The van der Waals surface area contributed by atoms with Gasteiger partial charge in [0.1, 0.15) is 17.1 Å². The van der Waals surface area contributed by atoms with E-state index in [1.165, 1.54) is 0 Å². The van der Waals surface area contributed by atoms with Gasteiger partial charge < -0.3 is 18.8 Å². The predicted molar refractivity (Wildman–Crippen MR) is 119 cm³/mol. The molecule has 3 aromatic heterocycles. The smallest absolute Gasteiger partial charge is 0.313 e. The SMILES string of the molecule is Cc1oc(C(C)Sc2ccccn2)nc1CCOc1ccc(Cc2c(O)o[nH]c2=O)cc1. The molecule has 32 heavy (non-hydrogen) atoms. The Labute approximate surface area is 188 Å². The van der Waals surface area contributed by atoms with Crippen LogP contribution in [0.5, 0.6) is 11.7 Å². The molecule has 1 aromatic carbocycles. The Morgan fingerprint density at radius 2 is 2.03 bits per heavy atom. The number of aryl methyl sites for hydroxylation is 1. The lowest BCUT2D eigenvalue weighted by molar-refractivity contribution is 0.274. The first-order chi connectivity index (χ1) is 15.5. The molecule has 9 heteroatoms. The Kier molecular flexibility index (Phi) is 6.65. The van der Waals surface area contributed by atoms with Crippen LogP contribution in [0, 0.1) is 6.92 Å². The van der Waals surface area contributed by atoms with Crippen molar-refractivity contribution in [1.29, 1.82) is 0 Å². The van der Waals surface area contributed by atoms with Gasteiger partial charge in [-0.15, -0.1) is 0 Å². The molecule has 0 saturated carbocycles. The number of oxazole rings is 1. The summed E-state index contributed by atoms with van der Waals surface area (Å²) in [4.78, 5) is 20.6. The summed E-state index contributed by atoms with van der Waals surface area (Å²) >= 11 is 1.60. The summed E-state index contributed by atoms with van der Waals surface area (Å²) in [5, 5.41) is 12.7. The second-order valence-corrected chi connectivity index (χ2v) is 8.58.